The molecule has 2 atom stereocenters. The van der Waals surface area contributed by atoms with Crippen LogP contribution in [0.3, 0.4) is 0 Å². The maximum atomic E-state index is 12.6. The average Bonchev–Trinajstić information content (AvgIpc) is 2.55. The van der Waals surface area contributed by atoms with E-state index in [0.29, 0.717) is 13.2 Å². The van der Waals surface area contributed by atoms with Crippen molar-refractivity contribution in [3.8, 4) is 0 Å². The molecule has 1 saturated heterocycles. The van der Waals surface area contributed by atoms with E-state index in [4.69, 9.17) is 4.74 Å². The Kier molecular flexibility index (Phi) is 6.31. The van der Waals surface area contributed by atoms with E-state index in [1.165, 1.54) is 0 Å². The highest BCUT2D eigenvalue weighted by molar-refractivity contribution is 8.00. The first-order valence-corrected chi connectivity index (χ1v) is 8.67. The summed E-state index contributed by atoms with van der Waals surface area (Å²) < 4.78 is 5.08. The van der Waals surface area contributed by atoms with E-state index in [1.807, 2.05) is 49.1 Å². The molecule has 2 rings (SSSR count). The number of likely N-dealkylation sites (tertiary alicyclic amines) is 1. The molecule has 0 saturated carbocycles. The minimum Gasteiger partial charge on any atom is -0.466 e. The molecule has 0 aliphatic carbocycles. The lowest BCUT2D eigenvalue weighted by Crippen LogP contribution is -2.45. The maximum absolute atomic E-state index is 12.6. The number of hydrogen-bond donors (Lipinski definition) is 0. The zero-order chi connectivity index (χ0) is 15.9. The summed E-state index contributed by atoms with van der Waals surface area (Å²) in [6.07, 6.45) is 1.67. The fourth-order valence-corrected chi connectivity index (χ4v) is 3.61. The van der Waals surface area contributed by atoms with E-state index < -0.39 is 0 Å². The SMILES string of the molecule is CCOC(=O)C1CCCN(C(=O)C(C)Sc2ccccc2)C1. The summed E-state index contributed by atoms with van der Waals surface area (Å²) >= 11 is 1.56. The van der Waals surface area contributed by atoms with Gasteiger partial charge in [0.05, 0.1) is 17.8 Å². The van der Waals surface area contributed by atoms with Gasteiger partial charge in [-0.2, -0.15) is 0 Å². The Morgan fingerprint density at radius 3 is 2.77 bits per heavy atom. The monoisotopic (exact) mass is 321 g/mol. The third kappa shape index (κ3) is 4.50. The second-order valence-electron chi connectivity index (χ2n) is 5.45. The van der Waals surface area contributed by atoms with Crippen LogP contribution in [0.5, 0.6) is 0 Å². The second-order valence-corrected chi connectivity index (χ2v) is 6.86. The third-order valence-electron chi connectivity index (χ3n) is 3.76. The van der Waals surface area contributed by atoms with Crippen molar-refractivity contribution in [1.82, 2.24) is 4.90 Å². The minimum atomic E-state index is -0.177. The van der Waals surface area contributed by atoms with E-state index in [-0.39, 0.29) is 23.0 Å². The minimum absolute atomic E-state index is 0.0999. The summed E-state index contributed by atoms with van der Waals surface area (Å²) in [7, 11) is 0. The zero-order valence-electron chi connectivity index (χ0n) is 13.2. The first-order chi connectivity index (χ1) is 10.6. The Balaban J connectivity index is 1.92. The van der Waals surface area contributed by atoms with Gasteiger partial charge in [-0.3, -0.25) is 9.59 Å². The first-order valence-electron chi connectivity index (χ1n) is 7.79. The largest absolute Gasteiger partial charge is 0.466 e. The van der Waals surface area contributed by atoms with Gasteiger partial charge in [-0.25, -0.2) is 0 Å². The normalized spacial score (nSPS) is 19.5. The van der Waals surface area contributed by atoms with Gasteiger partial charge < -0.3 is 9.64 Å². The quantitative estimate of drug-likeness (QED) is 0.618. The summed E-state index contributed by atoms with van der Waals surface area (Å²) in [6, 6.07) is 9.91. The molecule has 120 valence electrons. The van der Waals surface area contributed by atoms with Gasteiger partial charge in [-0.15, -0.1) is 11.8 Å². The number of nitrogens with zero attached hydrogens (tertiary/aromatic N) is 1. The zero-order valence-corrected chi connectivity index (χ0v) is 14.0. The fourth-order valence-electron chi connectivity index (χ4n) is 2.64. The van der Waals surface area contributed by atoms with Gasteiger partial charge in [-0.05, 0) is 38.8 Å². The van der Waals surface area contributed by atoms with Crippen molar-refractivity contribution < 1.29 is 14.3 Å². The number of carbonyl (C=O) groups excluding carboxylic acids is 2. The average molecular weight is 321 g/mol. The number of piperidine rings is 1. The lowest BCUT2D eigenvalue weighted by molar-refractivity contribution is -0.151. The summed E-state index contributed by atoms with van der Waals surface area (Å²) in [5.41, 5.74) is 0. The van der Waals surface area contributed by atoms with E-state index in [0.717, 1.165) is 24.3 Å². The van der Waals surface area contributed by atoms with E-state index >= 15 is 0 Å². The highest BCUT2D eigenvalue weighted by Crippen LogP contribution is 2.26. The van der Waals surface area contributed by atoms with Gasteiger partial charge in [0, 0.05) is 18.0 Å². The summed E-state index contributed by atoms with van der Waals surface area (Å²) in [5.74, 6) is -0.252. The van der Waals surface area contributed by atoms with Gasteiger partial charge >= 0.3 is 5.97 Å². The molecule has 0 spiro atoms. The lowest BCUT2D eigenvalue weighted by Gasteiger charge is -2.33. The van der Waals surface area contributed by atoms with Gasteiger partial charge in [0.25, 0.3) is 0 Å². The Morgan fingerprint density at radius 1 is 1.36 bits per heavy atom. The smallest absolute Gasteiger partial charge is 0.310 e. The van der Waals surface area contributed by atoms with Crippen LogP contribution in [-0.4, -0.2) is 41.7 Å². The molecule has 1 aliphatic heterocycles. The molecule has 1 aromatic rings. The molecule has 0 bridgehead atoms. The van der Waals surface area contributed by atoms with Crippen LogP contribution in [0.2, 0.25) is 0 Å². The van der Waals surface area contributed by atoms with Crippen LogP contribution in [0.15, 0.2) is 35.2 Å². The summed E-state index contributed by atoms with van der Waals surface area (Å²) in [5, 5.41) is -0.150. The van der Waals surface area contributed by atoms with Gasteiger partial charge in [0.1, 0.15) is 0 Å². The molecule has 1 aliphatic rings. The molecular weight excluding hydrogens is 298 g/mol. The molecule has 0 radical (unpaired) electrons. The molecule has 1 fully saturated rings. The van der Waals surface area contributed by atoms with Gasteiger partial charge in [0.2, 0.25) is 5.91 Å². The number of ether oxygens (including phenoxy) is 1. The Bertz CT molecular complexity index is 506. The number of carbonyl (C=O) groups is 2. The maximum Gasteiger partial charge on any atom is 0.310 e. The molecule has 1 aromatic carbocycles. The van der Waals surface area contributed by atoms with Crippen molar-refractivity contribution in [2.24, 2.45) is 5.92 Å². The van der Waals surface area contributed by atoms with Crippen LogP contribution in [0.1, 0.15) is 26.7 Å². The van der Waals surface area contributed by atoms with E-state index in [9.17, 15) is 9.59 Å². The number of rotatable bonds is 5. The molecule has 1 heterocycles. The van der Waals surface area contributed by atoms with Gasteiger partial charge in [-0.1, -0.05) is 18.2 Å². The van der Waals surface area contributed by atoms with Crippen molar-refractivity contribution in [2.45, 2.75) is 36.8 Å². The van der Waals surface area contributed by atoms with Crippen molar-refractivity contribution >= 4 is 23.6 Å². The second kappa shape index (κ2) is 8.22. The Labute approximate surface area is 136 Å². The molecule has 22 heavy (non-hydrogen) atoms. The number of benzene rings is 1. The van der Waals surface area contributed by atoms with E-state index in [2.05, 4.69) is 0 Å². The van der Waals surface area contributed by atoms with Gasteiger partial charge in [0.15, 0.2) is 0 Å². The third-order valence-corrected chi connectivity index (χ3v) is 4.86. The number of esters is 1. The van der Waals surface area contributed by atoms with Crippen LogP contribution < -0.4 is 0 Å². The summed E-state index contributed by atoms with van der Waals surface area (Å²) in [4.78, 5) is 27.3. The first kappa shape index (κ1) is 16.9. The van der Waals surface area contributed by atoms with Crippen LogP contribution in [-0.2, 0) is 14.3 Å². The molecule has 2 unspecified atom stereocenters. The predicted octanol–water partition coefficient (Wildman–Crippen LogP) is 2.97. The van der Waals surface area contributed by atoms with Crippen molar-refractivity contribution in [3.05, 3.63) is 30.3 Å². The molecule has 1 amide bonds. The van der Waals surface area contributed by atoms with Crippen molar-refractivity contribution in [3.63, 3.8) is 0 Å². The fraction of sp³-hybridized carbons (Fsp3) is 0.529. The highest BCUT2D eigenvalue weighted by Gasteiger charge is 2.31. The number of hydrogen-bond acceptors (Lipinski definition) is 4. The van der Waals surface area contributed by atoms with E-state index in [1.54, 1.807) is 11.8 Å². The highest BCUT2D eigenvalue weighted by atomic mass is 32.2. The Hall–Kier alpha value is -1.49. The number of amides is 1. The van der Waals surface area contributed by atoms with Crippen LogP contribution in [0.25, 0.3) is 0 Å². The lowest BCUT2D eigenvalue weighted by atomic mass is 9.98. The van der Waals surface area contributed by atoms with Crippen LogP contribution in [0.4, 0.5) is 0 Å². The number of thioether (sulfide) groups is 1. The molecular formula is C17H23NO3S. The molecule has 4 nitrogen and oxygen atoms in total. The predicted molar refractivity (Wildman–Crippen MR) is 87.7 cm³/mol. The standard InChI is InChI=1S/C17H23NO3S/c1-3-21-17(20)14-8-7-11-18(12-14)16(19)13(2)22-15-9-5-4-6-10-15/h4-6,9-10,13-14H,3,7-8,11-12H2,1-2H3. The van der Waals surface area contributed by atoms with Crippen molar-refractivity contribution in [1.29, 1.82) is 0 Å². The van der Waals surface area contributed by atoms with Crippen molar-refractivity contribution in [2.75, 3.05) is 19.7 Å². The Morgan fingerprint density at radius 2 is 2.09 bits per heavy atom. The molecule has 5 heteroatoms. The summed E-state index contributed by atoms with van der Waals surface area (Å²) in [6.45, 7) is 5.34. The van der Waals surface area contributed by atoms with Crippen LogP contribution >= 0.6 is 11.8 Å². The van der Waals surface area contributed by atoms with Crippen LogP contribution in [0, 0.1) is 5.92 Å². The molecule has 0 N–H and O–H groups in total. The topological polar surface area (TPSA) is 46.6 Å². The molecule has 0 aromatic heterocycles.